The summed E-state index contributed by atoms with van der Waals surface area (Å²) in [6.45, 7) is 10.3. The van der Waals surface area contributed by atoms with Crippen LogP contribution in [-0.4, -0.2) is 74.3 Å². The van der Waals surface area contributed by atoms with Crippen molar-refractivity contribution >= 4 is 17.6 Å². The molecule has 3 atom stereocenters. The summed E-state index contributed by atoms with van der Waals surface area (Å²) < 4.78 is 5.47. The Kier molecular flexibility index (Phi) is 6.21. The summed E-state index contributed by atoms with van der Waals surface area (Å²) in [6, 6.07) is 8.75. The minimum atomic E-state index is 0.479. The lowest BCUT2D eigenvalue weighted by Crippen LogP contribution is -2.43. The van der Waals surface area contributed by atoms with Gasteiger partial charge in [-0.25, -0.2) is 0 Å². The van der Waals surface area contributed by atoms with E-state index >= 15 is 0 Å². The number of halogens is 1. The van der Waals surface area contributed by atoms with Crippen molar-refractivity contribution in [2.24, 2.45) is 10.9 Å². The highest BCUT2D eigenvalue weighted by atomic mass is 35.5. The molecular weight excluding hydrogens is 360 g/mol. The van der Waals surface area contributed by atoms with E-state index in [0.717, 1.165) is 69.3 Å². The van der Waals surface area contributed by atoms with Gasteiger partial charge in [0.05, 0.1) is 13.2 Å². The van der Waals surface area contributed by atoms with Crippen LogP contribution in [0.3, 0.4) is 0 Å². The molecule has 0 amide bonds. The number of ether oxygens (including phenoxy) is 1. The Balaban J connectivity index is 1.30. The van der Waals surface area contributed by atoms with E-state index in [9.17, 15) is 0 Å². The molecule has 0 bridgehead atoms. The Labute approximate surface area is 167 Å². The lowest BCUT2D eigenvalue weighted by Gasteiger charge is -2.29. The predicted octanol–water partition coefficient (Wildman–Crippen LogP) is 2.82. The van der Waals surface area contributed by atoms with Crippen LogP contribution < -0.4 is 5.32 Å². The number of nitrogens with zero attached hydrogens (tertiary/aromatic N) is 3. The van der Waals surface area contributed by atoms with Gasteiger partial charge in [-0.2, -0.15) is 0 Å². The Bertz CT molecular complexity index is 661. The van der Waals surface area contributed by atoms with Crippen molar-refractivity contribution in [1.29, 1.82) is 0 Å². The van der Waals surface area contributed by atoms with Gasteiger partial charge < -0.3 is 15.0 Å². The summed E-state index contributed by atoms with van der Waals surface area (Å²) in [5, 5.41) is 4.55. The van der Waals surface area contributed by atoms with Crippen LogP contribution in [-0.2, 0) is 4.74 Å². The average molecular weight is 391 g/mol. The van der Waals surface area contributed by atoms with Crippen molar-refractivity contribution in [2.75, 3.05) is 52.5 Å². The van der Waals surface area contributed by atoms with Gasteiger partial charge in [0.15, 0.2) is 5.96 Å². The predicted molar refractivity (Wildman–Crippen MR) is 111 cm³/mol. The van der Waals surface area contributed by atoms with Crippen LogP contribution in [0.25, 0.3) is 0 Å². The highest BCUT2D eigenvalue weighted by Crippen LogP contribution is 2.41. The number of aliphatic imine (C=N–C) groups is 1. The topological polar surface area (TPSA) is 40.1 Å². The fourth-order valence-corrected chi connectivity index (χ4v) is 4.53. The highest BCUT2D eigenvalue weighted by Gasteiger charge is 2.40. The van der Waals surface area contributed by atoms with E-state index in [1.807, 2.05) is 12.1 Å². The van der Waals surface area contributed by atoms with E-state index in [0.29, 0.717) is 12.0 Å². The van der Waals surface area contributed by atoms with Crippen LogP contribution >= 0.6 is 11.6 Å². The minimum absolute atomic E-state index is 0.479. The first kappa shape index (κ1) is 19.0. The van der Waals surface area contributed by atoms with E-state index in [2.05, 4.69) is 34.2 Å². The zero-order chi connectivity index (χ0) is 18.6. The Hall–Kier alpha value is -1.30. The van der Waals surface area contributed by atoms with Crippen LogP contribution in [0.1, 0.15) is 31.2 Å². The Morgan fingerprint density at radius 3 is 2.93 bits per heavy atom. The monoisotopic (exact) mass is 390 g/mol. The molecule has 2 heterocycles. The highest BCUT2D eigenvalue weighted by molar-refractivity contribution is 6.30. The number of hydrogen-bond acceptors (Lipinski definition) is 3. The molecule has 2 aliphatic heterocycles. The van der Waals surface area contributed by atoms with Crippen LogP contribution in [0.15, 0.2) is 29.3 Å². The van der Waals surface area contributed by atoms with Gasteiger partial charge in [0.1, 0.15) is 0 Å². The third-order valence-corrected chi connectivity index (χ3v) is 6.13. The molecule has 6 heteroatoms. The normalized spacial score (nSPS) is 29.2. The molecule has 1 N–H and O–H groups in total. The summed E-state index contributed by atoms with van der Waals surface area (Å²) in [5.41, 5.74) is 1.34. The molecule has 0 spiro atoms. The third-order valence-electron chi connectivity index (χ3n) is 5.90. The summed E-state index contributed by atoms with van der Waals surface area (Å²) in [7, 11) is 0. The van der Waals surface area contributed by atoms with Crippen molar-refractivity contribution in [3.8, 4) is 0 Å². The average Bonchev–Trinajstić information content (AvgIpc) is 3.30. The van der Waals surface area contributed by atoms with Crippen molar-refractivity contribution in [3.63, 3.8) is 0 Å². The van der Waals surface area contributed by atoms with Gasteiger partial charge in [0, 0.05) is 56.3 Å². The molecule has 1 aliphatic carbocycles. The number of likely N-dealkylation sites (tertiary alicyclic amines) is 1. The zero-order valence-corrected chi connectivity index (χ0v) is 17.0. The second kappa shape index (κ2) is 8.80. The standard InChI is InChI=1S/C21H31ClN4O/c1-2-23-21(24-20-13-19(20)17-4-3-5-18(22)12-17)26-7-6-16(15-26)14-25-8-10-27-11-9-25/h3-5,12,16,19-20H,2,6-11,13-15H2,1H3,(H,23,24). The lowest BCUT2D eigenvalue weighted by atomic mass is 10.1. The summed E-state index contributed by atoms with van der Waals surface area (Å²) >= 11 is 6.16. The van der Waals surface area contributed by atoms with E-state index in [1.165, 1.54) is 18.5 Å². The van der Waals surface area contributed by atoms with Crippen molar-refractivity contribution < 1.29 is 4.74 Å². The summed E-state index contributed by atoms with van der Waals surface area (Å²) in [5.74, 6) is 2.38. The van der Waals surface area contributed by atoms with Gasteiger partial charge in [-0.05, 0) is 43.4 Å². The van der Waals surface area contributed by atoms with Gasteiger partial charge in [-0.3, -0.25) is 9.89 Å². The largest absolute Gasteiger partial charge is 0.379 e. The molecule has 4 rings (SSSR count). The molecule has 0 aromatic heterocycles. The van der Waals surface area contributed by atoms with Crippen LogP contribution in [0.5, 0.6) is 0 Å². The maximum atomic E-state index is 6.16. The molecule has 27 heavy (non-hydrogen) atoms. The third kappa shape index (κ3) is 4.95. The molecule has 3 fully saturated rings. The SMILES string of the molecule is CCN=C(NC1CC1c1cccc(Cl)c1)N1CCC(CN2CCOCC2)C1. The molecule has 1 saturated carbocycles. The first-order chi connectivity index (χ1) is 13.2. The van der Waals surface area contributed by atoms with E-state index in [4.69, 9.17) is 21.3 Å². The molecule has 148 valence electrons. The van der Waals surface area contributed by atoms with Crippen molar-refractivity contribution in [2.45, 2.75) is 31.7 Å². The van der Waals surface area contributed by atoms with Crippen LogP contribution in [0.4, 0.5) is 0 Å². The molecule has 3 aliphatic rings. The molecule has 2 saturated heterocycles. The van der Waals surface area contributed by atoms with Gasteiger partial charge in [-0.15, -0.1) is 0 Å². The molecule has 1 aromatic carbocycles. The number of nitrogens with one attached hydrogen (secondary N) is 1. The number of benzene rings is 1. The quantitative estimate of drug-likeness (QED) is 0.620. The van der Waals surface area contributed by atoms with Gasteiger partial charge in [-0.1, -0.05) is 23.7 Å². The molecule has 1 aromatic rings. The zero-order valence-electron chi connectivity index (χ0n) is 16.2. The molecule has 3 unspecified atom stereocenters. The first-order valence-corrected chi connectivity index (χ1v) is 10.7. The van der Waals surface area contributed by atoms with Gasteiger partial charge >= 0.3 is 0 Å². The summed E-state index contributed by atoms with van der Waals surface area (Å²) in [4.78, 5) is 9.80. The van der Waals surface area contributed by atoms with Gasteiger partial charge in [0.25, 0.3) is 0 Å². The van der Waals surface area contributed by atoms with Crippen LogP contribution in [0, 0.1) is 5.92 Å². The van der Waals surface area contributed by atoms with Crippen molar-refractivity contribution in [1.82, 2.24) is 15.1 Å². The number of rotatable bonds is 5. The first-order valence-electron chi connectivity index (χ1n) is 10.3. The summed E-state index contributed by atoms with van der Waals surface area (Å²) in [6.07, 6.45) is 2.41. The second-order valence-corrected chi connectivity index (χ2v) is 8.40. The van der Waals surface area contributed by atoms with Gasteiger partial charge in [0.2, 0.25) is 0 Å². The fraction of sp³-hybridized carbons (Fsp3) is 0.667. The Morgan fingerprint density at radius 2 is 2.15 bits per heavy atom. The second-order valence-electron chi connectivity index (χ2n) is 7.96. The van der Waals surface area contributed by atoms with Crippen LogP contribution in [0.2, 0.25) is 5.02 Å². The molecular formula is C21H31ClN4O. The number of morpholine rings is 1. The smallest absolute Gasteiger partial charge is 0.194 e. The lowest BCUT2D eigenvalue weighted by molar-refractivity contribution is 0.0315. The Morgan fingerprint density at radius 1 is 1.30 bits per heavy atom. The number of guanidine groups is 1. The number of hydrogen-bond donors (Lipinski definition) is 1. The minimum Gasteiger partial charge on any atom is -0.379 e. The van der Waals surface area contributed by atoms with Crippen molar-refractivity contribution in [3.05, 3.63) is 34.9 Å². The fourth-order valence-electron chi connectivity index (χ4n) is 4.34. The maximum absolute atomic E-state index is 6.16. The molecule has 5 nitrogen and oxygen atoms in total. The molecule has 0 radical (unpaired) electrons. The van der Waals surface area contributed by atoms with E-state index in [-0.39, 0.29) is 0 Å². The van der Waals surface area contributed by atoms with E-state index < -0.39 is 0 Å². The van der Waals surface area contributed by atoms with E-state index in [1.54, 1.807) is 0 Å². The maximum Gasteiger partial charge on any atom is 0.194 e.